The van der Waals surface area contributed by atoms with Gasteiger partial charge in [-0.1, -0.05) is 0 Å². The Labute approximate surface area is 183 Å². The maximum absolute atomic E-state index is 12.4. The summed E-state index contributed by atoms with van der Waals surface area (Å²) in [6.07, 6.45) is -0.943. The normalized spacial score (nSPS) is 14.5. The quantitative estimate of drug-likeness (QED) is 0.114. The Morgan fingerprint density at radius 1 is 0.767 bits per heavy atom. The average Bonchev–Trinajstić information content (AvgIpc) is 2.65. The molecule has 0 radical (unpaired) electrons. The number of hydrogen-bond acceptors (Lipinski definition) is 9. The Balaban J connectivity index is 5.00. The fourth-order valence-corrected chi connectivity index (χ4v) is 2.58. The fourth-order valence-electron chi connectivity index (χ4n) is 2.07. The molecule has 10 N–H and O–H groups in total. The fraction of sp³-hybridized carbons (Fsp3) is 0.600. The minimum atomic E-state index is -1.41. The van der Waals surface area contributed by atoms with Crippen LogP contribution < -0.4 is 33.2 Å². The number of rotatable bonds is 14. The van der Waals surface area contributed by atoms with Gasteiger partial charge < -0.3 is 38.3 Å². The Kier molecular flexibility index (Phi) is 12.5. The van der Waals surface area contributed by atoms with Crippen molar-refractivity contribution in [2.75, 3.05) is 11.5 Å². The summed E-state index contributed by atoms with van der Waals surface area (Å²) in [4.78, 5) is 69.5. The average molecular weight is 467 g/mol. The number of carboxylic acid groups (broad SMARTS) is 1. The van der Waals surface area contributed by atoms with Crippen molar-refractivity contribution < 1.29 is 33.9 Å². The smallest absolute Gasteiger partial charge is 0.326 e. The van der Waals surface area contributed by atoms with Gasteiger partial charge in [0.15, 0.2) is 0 Å². The van der Waals surface area contributed by atoms with E-state index in [0.717, 1.165) is 0 Å². The van der Waals surface area contributed by atoms with E-state index in [0.29, 0.717) is 0 Å². The first-order valence-electron chi connectivity index (χ1n) is 8.60. The van der Waals surface area contributed by atoms with Crippen molar-refractivity contribution in [2.45, 2.75) is 43.4 Å². The molecule has 0 aliphatic carbocycles. The molecule has 0 aromatic rings. The largest absolute Gasteiger partial charge is 0.480 e. The lowest BCUT2D eigenvalue weighted by atomic mass is 10.1. The second-order valence-electron chi connectivity index (χ2n) is 6.17. The van der Waals surface area contributed by atoms with Crippen molar-refractivity contribution in [1.29, 1.82) is 0 Å². The van der Waals surface area contributed by atoms with Gasteiger partial charge in [-0.2, -0.15) is 25.3 Å². The predicted molar refractivity (Wildman–Crippen MR) is 111 cm³/mol. The van der Waals surface area contributed by atoms with Crippen molar-refractivity contribution in [3.05, 3.63) is 0 Å². The van der Waals surface area contributed by atoms with Crippen molar-refractivity contribution in [1.82, 2.24) is 16.0 Å². The third kappa shape index (κ3) is 10.3. The van der Waals surface area contributed by atoms with Crippen molar-refractivity contribution >= 4 is 60.8 Å². The van der Waals surface area contributed by atoms with E-state index >= 15 is 0 Å². The molecule has 13 nitrogen and oxygen atoms in total. The summed E-state index contributed by atoms with van der Waals surface area (Å²) < 4.78 is 0. The van der Waals surface area contributed by atoms with Gasteiger partial charge in [-0.25, -0.2) is 4.79 Å². The Morgan fingerprint density at radius 3 is 1.57 bits per heavy atom. The maximum Gasteiger partial charge on any atom is 0.326 e. The number of carbonyl (C=O) groups is 6. The topological polar surface area (TPSA) is 237 Å². The highest BCUT2D eigenvalue weighted by Gasteiger charge is 2.29. The molecule has 0 aliphatic rings. The summed E-state index contributed by atoms with van der Waals surface area (Å²) >= 11 is 7.90. The van der Waals surface area contributed by atoms with Crippen LogP contribution in [0.25, 0.3) is 0 Å². The third-order valence-electron chi connectivity index (χ3n) is 3.68. The zero-order valence-corrected chi connectivity index (χ0v) is 17.7. The van der Waals surface area contributed by atoms with Gasteiger partial charge in [-0.3, -0.25) is 24.0 Å². The van der Waals surface area contributed by atoms with Gasteiger partial charge in [0.2, 0.25) is 29.5 Å². The van der Waals surface area contributed by atoms with Crippen LogP contribution in [0, 0.1) is 0 Å². The number of amides is 5. The Bertz CT molecular complexity index is 678. The van der Waals surface area contributed by atoms with Crippen LogP contribution in [0.5, 0.6) is 0 Å². The molecule has 0 aromatic carbocycles. The van der Waals surface area contributed by atoms with E-state index in [2.05, 4.69) is 41.2 Å². The molecule has 4 unspecified atom stereocenters. The lowest BCUT2D eigenvalue weighted by Crippen LogP contribution is -2.58. The molecule has 0 aromatic heterocycles. The second-order valence-corrected chi connectivity index (χ2v) is 6.90. The van der Waals surface area contributed by atoms with Gasteiger partial charge in [0.1, 0.15) is 18.1 Å². The summed E-state index contributed by atoms with van der Waals surface area (Å²) in [5.74, 6) is -5.82. The van der Waals surface area contributed by atoms with Crippen molar-refractivity contribution in [3.63, 3.8) is 0 Å². The molecule has 0 aliphatic heterocycles. The van der Waals surface area contributed by atoms with E-state index in [1.807, 2.05) is 0 Å². The minimum absolute atomic E-state index is 0.169. The number of nitrogens with two attached hydrogens (primary N) is 3. The van der Waals surface area contributed by atoms with Crippen molar-refractivity contribution in [2.24, 2.45) is 17.2 Å². The highest BCUT2D eigenvalue weighted by molar-refractivity contribution is 7.80. The number of primary amides is 2. The van der Waals surface area contributed by atoms with E-state index in [9.17, 15) is 28.8 Å². The van der Waals surface area contributed by atoms with Crippen LogP contribution in [-0.2, 0) is 28.8 Å². The zero-order valence-electron chi connectivity index (χ0n) is 15.9. The van der Waals surface area contributed by atoms with Gasteiger partial charge in [-0.15, -0.1) is 0 Å². The van der Waals surface area contributed by atoms with E-state index in [4.69, 9.17) is 22.3 Å². The molecule has 30 heavy (non-hydrogen) atoms. The number of nitrogens with one attached hydrogen (secondary N) is 3. The molecule has 5 amide bonds. The number of aliphatic carboxylic acids is 1. The summed E-state index contributed by atoms with van der Waals surface area (Å²) in [6.45, 7) is 0. The van der Waals surface area contributed by atoms with Crippen LogP contribution in [0.2, 0.25) is 0 Å². The molecule has 0 fully saturated rings. The highest BCUT2D eigenvalue weighted by atomic mass is 32.1. The lowest BCUT2D eigenvalue weighted by molar-refractivity contribution is -0.142. The van der Waals surface area contributed by atoms with Crippen molar-refractivity contribution in [3.8, 4) is 0 Å². The molecular formula is C15H26N6O7S2. The van der Waals surface area contributed by atoms with Crippen LogP contribution in [0.15, 0.2) is 0 Å². The van der Waals surface area contributed by atoms with E-state index < -0.39 is 66.1 Å². The SMILES string of the molecule is NC(=O)CCC(NC(=O)C(CS)NC(=O)C(CS)NC(=O)C(N)CC(N)=O)C(=O)O. The van der Waals surface area contributed by atoms with E-state index in [1.165, 1.54) is 0 Å². The number of carboxylic acids is 1. The van der Waals surface area contributed by atoms with Crippen LogP contribution in [-0.4, -0.2) is 76.3 Å². The zero-order chi connectivity index (χ0) is 23.4. The second kappa shape index (κ2) is 13.7. The molecular weight excluding hydrogens is 440 g/mol. The van der Waals surface area contributed by atoms with Crippen LogP contribution >= 0.6 is 25.3 Å². The van der Waals surface area contributed by atoms with Gasteiger partial charge in [-0.05, 0) is 6.42 Å². The summed E-state index contributed by atoms with van der Waals surface area (Å²) in [5.41, 5.74) is 15.4. The van der Waals surface area contributed by atoms with Gasteiger partial charge in [0.25, 0.3) is 0 Å². The van der Waals surface area contributed by atoms with Crippen LogP contribution in [0.1, 0.15) is 19.3 Å². The molecule has 0 saturated carbocycles. The third-order valence-corrected chi connectivity index (χ3v) is 4.41. The summed E-state index contributed by atoms with van der Waals surface area (Å²) in [7, 11) is 0. The number of carbonyl (C=O) groups excluding carboxylic acids is 5. The first kappa shape index (κ1) is 27.5. The molecule has 0 rings (SSSR count). The molecule has 15 heteroatoms. The van der Waals surface area contributed by atoms with Gasteiger partial charge in [0, 0.05) is 17.9 Å². The first-order chi connectivity index (χ1) is 13.9. The summed E-state index contributed by atoms with van der Waals surface area (Å²) in [5, 5.41) is 15.9. The predicted octanol–water partition coefficient (Wildman–Crippen LogP) is -4.15. The molecule has 170 valence electrons. The minimum Gasteiger partial charge on any atom is -0.480 e. The molecule has 0 spiro atoms. The standard InChI is InChI=1S/C15H26N6O7S2/c16-6(3-11(18)23)12(24)20-8(4-29)14(26)21-9(5-30)13(25)19-7(15(27)28)1-2-10(17)22/h6-9,29-30H,1-5,16H2,(H2,17,22)(H2,18,23)(H,19,25)(H,20,24)(H,21,26)(H,27,28). The Morgan fingerprint density at radius 2 is 1.20 bits per heavy atom. The molecule has 0 heterocycles. The maximum atomic E-state index is 12.4. The van der Waals surface area contributed by atoms with E-state index in [1.54, 1.807) is 0 Å². The first-order valence-corrected chi connectivity index (χ1v) is 9.87. The molecule has 0 saturated heterocycles. The van der Waals surface area contributed by atoms with Gasteiger partial charge >= 0.3 is 5.97 Å². The number of thiol groups is 2. The monoisotopic (exact) mass is 466 g/mol. The molecule has 4 atom stereocenters. The molecule has 0 bridgehead atoms. The van der Waals surface area contributed by atoms with E-state index in [-0.39, 0.29) is 24.3 Å². The lowest BCUT2D eigenvalue weighted by Gasteiger charge is -2.23. The summed E-state index contributed by atoms with van der Waals surface area (Å²) in [6, 6.07) is -5.14. The Hall–Kier alpha value is -2.52. The van der Waals surface area contributed by atoms with Crippen LogP contribution in [0.4, 0.5) is 0 Å². The van der Waals surface area contributed by atoms with Gasteiger partial charge in [0.05, 0.1) is 12.5 Å². The van der Waals surface area contributed by atoms with Crippen LogP contribution in [0.3, 0.4) is 0 Å². The highest BCUT2D eigenvalue weighted by Crippen LogP contribution is 2.01. The number of hydrogen-bond donors (Lipinski definition) is 9.